The molecule has 2 fully saturated rings. The molecule has 0 aromatic rings. The second kappa shape index (κ2) is 6.88. The minimum atomic E-state index is 0.753. The topological polar surface area (TPSA) is 18.5 Å². The van der Waals surface area contributed by atoms with Crippen LogP contribution in [-0.2, 0) is 0 Å². The first-order valence-electron chi connectivity index (χ1n) is 7.75. The van der Waals surface area contributed by atoms with Crippen molar-refractivity contribution in [2.75, 3.05) is 40.8 Å². The van der Waals surface area contributed by atoms with Crippen molar-refractivity contribution in [2.24, 2.45) is 5.92 Å². The van der Waals surface area contributed by atoms with E-state index in [4.69, 9.17) is 0 Å². The van der Waals surface area contributed by atoms with Gasteiger partial charge >= 0.3 is 0 Å². The van der Waals surface area contributed by atoms with Gasteiger partial charge in [0.05, 0.1) is 0 Å². The lowest BCUT2D eigenvalue weighted by Crippen LogP contribution is -2.44. The van der Waals surface area contributed by atoms with Crippen LogP contribution in [0.1, 0.15) is 38.5 Å². The van der Waals surface area contributed by atoms with Crippen LogP contribution in [0.2, 0.25) is 0 Å². The highest BCUT2D eigenvalue weighted by Crippen LogP contribution is 2.24. The van der Waals surface area contributed by atoms with Crippen molar-refractivity contribution in [2.45, 2.75) is 50.6 Å². The predicted octanol–water partition coefficient (Wildman–Crippen LogP) is 1.79. The summed E-state index contributed by atoms with van der Waals surface area (Å²) in [5.41, 5.74) is 0. The summed E-state index contributed by atoms with van der Waals surface area (Å²) in [5, 5.41) is 3.46. The Labute approximate surface area is 113 Å². The molecule has 18 heavy (non-hydrogen) atoms. The molecule has 1 N–H and O–H groups in total. The highest BCUT2D eigenvalue weighted by atomic mass is 15.1. The Morgan fingerprint density at radius 1 is 1.17 bits per heavy atom. The molecule has 1 saturated heterocycles. The van der Waals surface area contributed by atoms with Crippen LogP contribution < -0.4 is 5.32 Å². The Bertz CT molecular complexity index is 236. The number of nitrogens with zero attached hydrogens (tertiary/aromatic N) is 2. The van der Waals surface area contributed by atoms with Crippen LogP contribution in [0.4, 0.5) is 0 Å². The zero-order valence-corrected chi connectivity index (χ0v) is 12.5. The Kier molecular flexibility index (Phi) is 5.46. The first-order chi connectivity index (χ1) is 8.69. The lowest BCUT2D eigenvalue weighted by Gasteiger charge is -2.38. The van der Waals surface area contributed by atoms with Gasteiger partial charge in [-0.2, -0.15) is 0 Å². The van der Waals surface area contributed by atoms with Gasteiger partial charge in [0.15, 0.2) is 0 Å². The fraction of sp³-hybridized carbons (Fsp3) is 1.00. The molecular formula is C15H31N3. The number of rotatable bonds is 4. The molecule has 3 nitrogen and oxygen atoms in total. The van der Waals surface area contributed by atoms with Gasteiger partial charge in [-0.15, -0.1) is 0 Å². The van der Waals surface area contributed by atoms with Crippen LogP contribution in [0, 0.1) is 5.92 Å². The summed E-state index contributed by atoms with van der Waals surface area (Å²) in [6.45, 7) is 3.90. The van der Waals surface area contributed by atoms with E-state index in [1.165, 1.54) is 58.2 Å². The Morgan fingerprint density at radius 2 is 1.89 bits per heavy atom. The third-order valence-electron chi connectivity index (χ3n) is 5.06. The summed E-state index contributed by atoms with van der Waals surface area (Å²) >= 11 is 0. The molecule has 2 atom stereocenters. The summed E-state index contributed by atoms with van der Waals surface area (Å²) < 4.78 is 0. The molecule has 106 valence electrons. The molecule has 3 heteroatoms. The molecule has 1 heterocycles. The van der Waals surface area contributed by atoms with Crippen molar-refractivity contribution in [3.63, 3.8) is 0 Å². The smallest absolute Gasteiger partial charge is 0.0107 e. The summed E-state index contributed by atoms with van der Waals surface area (Å²) in [6, 6.07) is 1.57. The lowest BCUT2D eigenvalue weighted by atomic mass is 9.89. The van der Waals surface area contributed by atoms with Crippen LogP contribution in [0.15, 0.2) is 0 Å². The molecular weight excluding hydrogens is 222 g/mol. The van der Waals surface area contributed by atoms with Crippen LogP contribution in [-0.4, -0.2) is 62.7 Å². The van der Waals surface area contributed by atoms with Crippen LogP contribution in [0.5, 0.6) is 0 Å². The van der Waals surface area contributed by atoms with Gasteiger partial charge in [0.2, 0.25) is 0 Å². The first-order valence-corrected chi connectivity index (χ1v) is 7.75. The highest BCUT2D eigenvalue weighted by molar-refractivity contribution is 4.83. The fourth-order valence-electron chi connectivity index (χ4n) is 3.63. The summed E-state index contributed by atoms with van der Waals surface area (Å²) in [6.07, 6.45) is 8.30. The zero-order valence-electron chi connectivity index (χ0n) is 12.5. The van der Waals surface area contributed by atoms with Crippen LogP contribution >= 0.6 is 0 Å². The van der Waals surface area contributed by atoms with E-state index >= 15 is 0 Å². The third kappa shape index (κ3) is 3.94. The van der Waals surface area contributed by atoms with Crippen LogP contribution in [0.3, 0.4) is 0 Å². The van der Waals surface area contributed by atoms with Gasteiger partial charge in [0.1, 0.15) is 0 Å². The molecule has 2 aliphatic rings. The van der Waals surface area contributed by atoms with Crippen molar-refractivity contribution in [3.05, 3.63) is 0 Å². The van der Waals surface area contributed by atoms with E-state index in [1.54, 1.807) is 0 Å². The summed E-state index contributed by atoms with van der Waals surface area (Å²) in [5.74, 6) is 0.932. The van der Waals surface area contributed by atoms with E-state index < -0.39 is 0 Å². The predicted molar refractivity (Wildman–Crippen MR) is 78.0 cm³/mol. The fourth-order valence-corrected chi connectivity index (χ4v) is 3.63. The van der Waals surface area contributed by atoms with Crippen molar-refractivity contribution in [3.8, 4) is 0 Å². The quantitative estimate of drug-likeness (QED) is 0.824. The molecule has 2 rings (SSSR count). The molecule has 0 radical (unpaired) electrons. The van der Waals surface area contributed by atoms with Gasteiger partial charge in [-0.1, -0.05) is 6.42 Å². The van der Waals surface area contributed by atoms with Gasteiger partial charge < -0.3 is 15.1 Å². The molecule has 0 bridgehead atoms. The van der Waals surface area contributed by atoms with Gasteiger partial charge in [-0.05, 0) is 72.3 Å². The van der Waals surface area contributed by atoms with E-state index in [0.29, 0.717) is 0 Å². The lowest BCUT2D eigenvalue weighted by molar-refractivity contribution is 0.121. The molecule has 0 aromatic carbocycles. The average molecular weight is 253 g/mol. The zero-order chi connectivity index (χ0) is 13.0. The van der Waals surface area contributed by atoms with Gasteiger partial charge in [0.25, 0.3) is 0 Å². The standard InChI is InChI=1S/C15H31N3/c1-16-14-5-4-6-15(11-14)18(3)12-13-7-9-17(2)10-8-13/h13-16H,4-12H2,1-3H3. The number of piperidine rings is 1. The number of likely N-dealkylation sites (tertiary alicyclic amines) is 1. The molecule has 0 amide bonds. The number of hydrogen-bond donors (Lipinski definition) is 1. The maximum Gasteiger partial charge on any atom is 0.0107 e. The van der Waals surface area contributed by atoms with E-state index in [1.807, 2.05) is 0 Å². The SMILES string of the molecule is CNC1CCCC(N(C)CC2CCN(C)CC2)C1. The van der Waals surface area contributed by atoms with Crippen molar-refractivity contribution >= 4 is 0 Å². The van der Waals surface area contributed by atoms with E-state index in [2.05, 4.69) is 36.3 Å². The van der Waals surface area contributed by atoms with Gasteiger partial charge in [-0.3, -0.25) is 0 Å². The normalized spacial score (nSPS) is 32.0. The maximum absolute atomic E-state index is 3.46. The number of hydrogen-bond acceptors (Lipinski definition) is 3. The number of nitrogens with one attached hydrogen (secondary N) is 1. The minimum absolute atomic E-state index is 0.753. The van der Waals surface area contributed by atoms with Gasteiger partial charge in [0, 0.05) is 18.6 Å². The van der Waals surface area contributed by atoms with Crippen molar-refractivity contribution < 1.29 is 0 Å². The monoisotopic (exact) mass is 253 g/mol. The Morgan fingerprint density at radius 3 is 2.56 bits per heavy atom. The molecule has 1 saturated carbocycles. The molecule has 0 spiro atoms. The van der Waals surface area contributed by atoms with Crippen molar-refractivity contribution in [1.82, 2.24) is 15.1 Å². The largest absolute Gasteiger partial charge is 0.317 e. The summed E-state index contributed by atoms with van der Waals surface area (Å²) in [7, 11) is 6.71. The van der Waals surface area contributed by atoms with E-state index in [0.717, 1.165) is 18.0 Å². The summed E-state index contributed by atoms with van der Waals surface area (Å²) in [4.78, 5) is 5.12. The Balaban J connectivity index is 1.75. The first kappa shape index (κ1) is 14.3. The highest BCUT2D eigenvalue weighted by Gasteiger charge is 2.26. The Hall–Kier alpha value is -0.120. The van der Waals surface area contributed by atoms with E-state index in [-0.39, 0.29) is 0 Å². The molecule has 1 aliphatic heterocycles. The molecule has 1 aliphatic carbocycles. The molecule has 2 unspecified atom stereocenters. The minimum Gasteiger partial charge on any atom is -0.317 e. The van der Waals surface area contributed by atoms with E-state index in [9.17, 15) is 0 Å². The molecule has 0 aromatic heterocycles. The average Bonchev–Trinajstić information content (AvgIpc) is 2.41. The second-order valence-corrected chi connectivity index (χ2v) is 6.49. The van der Waals surface area contributed by atoms with Crippen LogP contribution in [0.25, 0.3) is 0 Å². The van der Waals surface area contributed by atoms with Gasteiger partial charge in [-0.25, -0.2) is 0 Å². The van der Waals surface area contributed by atoms with Crippen molar-refractivity contribution in [1.29, 1.82) is 0 Å². The third-order valence-corrected chi connectivity index (χ3v) is 5.06. The second-order valence-electron chi connectivity index (χ2n) is 6.49. The maximum atomic E-state index is 3.46.